The molecule has 2 rings (SSSR count). The summed E-state index contributed by atoms with van der Waals surface area (Å²) < 4.78 is 33.8. The van der Waals surface area contributed by atoms with Gasteiger partial charge in [-0.25, -0.2) is 0 Å². The van der Waals surface area contributed by atoms with Gasteiger partial charge in [0, 0.05) is 5.56 Å². The number of ether oxygens (including phenoxy) is 2. The molecule has 0 saturated heterocycles. The summed E-state index contributed by atoms with van der Waals surface area (Å²) in [5.41, 5.74) is 1.02. The molecule has 0 amide bonds. The van der Waals surface area contributed by atoms with Crippen molar-refractivity contribution in [1.82, 2.24) is 0 Å². The maximum Gasteiger partial charge on any atom is 0.586 e. The quantitative estimate of drug-likeness (QED) is 0.754. The highest BCUT2D eigenvalue weighted by Crippen LogP contribution is 2.43. The first kappa shape index (κ1) is 9.21. The minimum Gasteiger partial charge on any atom is -0.395 e. The van der Waals surface area contributed by atoms with Crippen LogP contribution in [-0.4, -0.2) is 11.4 Å². The minimum atomic E-state index is -3.60. The van der Waals surface area contributed by atoms with Crippen LogP contribution in [0.25, 0.3) is 0 Å². The van der Waals surface area contributed by atoms with E-state index in [0.29, 0.717) is 11.1 Å². The van der Waals surface area contributed by atoms with Crippen molar-refractivity contribution in [2.75, 3.05) is 0 Å². The monoisotopic (exact) mass is 202 g/mol. The van der Waals surface area contributed by atoms with Gasteiger partial charge in [0.1, 0.15) is 0 Å². The van der Waals surface area contributed by atoms with E-state index in [9.17, 15) is 8.78 Å². The summed E-state index contributed by atoms with van der Waals surface area (Å²) >= 11 is 0. The molecule has 0 atom stereocenters. The van der Waals surface area contributed by atoms with Crippen molar-refractivity contribution in [2.45, 2.75) is 19.8 Å². The Balaban J connectivity index is 2.48. The van der Waals surface area contributed by atoms with Crippen molar-refractivity contribution in [3.63, 3.8) is 0 Å². The topological polar surface area (TPSA) is 38.7 Å². The van der Waals surface area contributed by atoms with Gasteiger partial charge in [0.15, 0.2) is 11.5 Å². The SMILES string of the molecule is Cc1c(CO)ccc2c1OC(F)(F)O2. The Labute approximate surface area is 78.9 Å². The maximum absolute atomic E-state index is 12.6. The molecular weight excluding hydrogens is 194 g/mol. The fourth-order valence-electron chi connectivity index (χ4n) is 1.35. The molecule has 76 valence electrons. The van der Waals surface area contributed by atoms with Gasteiger partial charge in [0.05, 0.1) is 6.61 Å². The largest absolute Gasteiger partial charge is 0.586 e. The average Bonchev–Trinajstić information content (AvgIpc) is 2.42. The lowest BCUT2D eigenvalue weighted by Crippen LogP contribution is -2.26. The highest BCUT2D eigenvalue weighted by atomic mass is 19.3. The Morgan fingerprint density at radius 3 is 2.71 bits per heavy atom. The van der Waals surface area contributed by atoms with Gasteiger partial charge in [0.2, 0.25) is 0 Å². The second kappa shape index (κ2) is 2.81. The summed E-state index contributed by atoms with van der Waals surface area (Å²) in [7, 11) is 0. The third kappa shape index (κ3) is 1.29. The highest BCUT2D eigenvalue weighted by Gasteiger charge is 2.44. The number of fused-ring (bicyclic) bond motifs is 1. The minimum absolute atomic E-state index is 0.00144. The van der Waals surface area contributed by atoms with Gasteiger partial charge < -0.3 is 14.6 Å². The van der Waals surface area contributed by atoms with Crippen LogP contribution in [0.15, 0.2) is 12.1 Å². The first-order valence-electron chi connectivity index (χ1n) is 4.02. The average molecular weight is 202 g/mol. The molecule has 3 nitrogen and oxygen atoms in total. The van der Waals surface area contributed by atoms with Crippen LogP contribution >= 0.6 is 0 Å². The third-order valence-electron chi connectivity index (χ3n) is 2.10. The van der Waals surface area contributed by atoms with Crippen LogP contribution in [0.5, 0.6) is 11.5 Å². The Morgan fingerprint density at radius 2 is 2.07 bits per heavy atom. The van der Waals surface area contributed by atoms with Gasteiger partial charge in [-0.3, -0.25) is 0 Å². The summed E-state index contributed by atoms with van der Waals surface area (Å²) in [4.78, 5) is 0. The first-order valence-corrected chi connectivity index (χ1v) is 4.02. The molecule has 0 aliphatic carbocycles. The number of hydrogen-bond acceptors (Lipinski definition) is 3. The summed E-state index contributed by atoms with van der Waals surface area (Å²) in [6.07, 6.45) is -3.60. The van der Waals surface area contributed by atoms with E-state index >= 15 is 0 Å². The standard InChI is InChI=1S/C9H8F2O3/c1-5-6(4-12)2-3-7-8(5)14-9(10,11)13-7/h2-3,12H,4H2,1H3. The van der Waals surface area contributed by atoms with Gasteiger partial charge in [-0.2, -0.15) is 0 Å². The lowest BCUT2D eigenvalue weighted by molar-refractivity contribution is -0.286. The van der Waals surface area contributed by atoms with Crippen LogP contribution in [0, 0.1) is 6.92 Å². The molecule has 1 aromatic carbocycles. The van der Waals surface area contributed by atoms with Crippen molar-refractivity contribution in [2.24, 2.45) is 0 Å². The summed E-state index contributed by atoms with van der Waals surface area (Å²) in [6, 6.07) is 2.88. The number of hydrogen-bond donors (Lipinski definition) is 1. The van der Waals surface area contributed by atoms with E-state index in [0.717, 1.165) is 0 Å². The zero-order valence-corrected chi connectivity index (χ0v) is 7.38. The molecular formula is C9H8F2O3. The van der Waals surface area contributed by atoms with E-state index < -0.39 is 6.29 Å². The predicted octanol–water partition coefficient (Wildman–Crippen LogP) is 1.81. The number of aliphatic hydroxyl groups excluding tert-OH is 1. The highest BCUT2D eigenvalue weighted by molar-refractivity contribution is 5.51. The van der Waals surface area contributed by atoms with Crippen molar-refractivity contribution in [1.29, 1.82) is 0 Å². The van der Waals surface area contributed by atoms with Gasteiger partial charge in [-0.1, -0.05) is 6.07 Å². The normalized spacial score (nSPS) is 17.1. The Bertz CT molecular complexity index is 377. The van der Waals surface area contributed by atoms with Gasteiger partial charge >= 0.3 is 6.29 Å². The third-order valence-corrected chi connectivity index (χ3v) is 2.10. The van der Waals surface area contributed by atoms with Gasteiger partial charge in [-0.15, -0.1) is 8.78 Å². The van der Waals surface area contributed by atoms with Crippen LogP contribution < -0.4 is 9.47 Å². The Kier molecular flexibility index (Phi) is 1.85. The van der Waals surface area contributed by atoms with Crippen molar-refractivity contribution < 1.29 is 23.4 Å². The number of benzene rings is 1. The predicted molar refractivity (Wildman–Crippen MR) is 43.3 cm³/mol. The molecule has 0 radical (unpaired) electrons. The molecule has 1 N–H and O–H groups in total. The Hall–Kier alpha value is -1.36. The van der Waals surface area contributed by atoms with E-state index in [4.69, 9.17) is 5.11 Å². The molecule has 1 aromatic rings. The van der Waals surface area contributed by atoms with Crippen molar-refractivity contribution >= 4 is 0 Å². The van der Waals surface area contributed by atoms with Crippen molar-refractivity contribution in [3.05, 3.63) is 23.3 Å². The van der Waals surface area contributed by atoms with Crippen LogP contribution in [0.1, 0.15) is 11.1 Å². The summed E-state index contributed by atoms with van der Waals surface area (Å²) in [5, 5.41) is 8.90. The second-order valence-electron chi connectivity index (χ2n) is 3.00. The van der Waals surface area contributed by atoms with E-state index in [1.54, 1.807) is 6.92 Å². The van der Waals surface area contributed by atoms with E-state index in [1.165, 1.54) is 12.1 Å². The second-order valence-corrected chi connectivity index (χ2v) is 3.00. The number of alkyl halides is 2. The molecule has 0 saturated carbocycles. The van der Waals surface area contributed by atoms with Crippen molar-refractivity contribution in [3.8, 4) is 11.5 Å². The molecule has 0 aromatic heterocycles. The van der Waals surface area contributed by atoms with Crippen LogP contribution in [0.4, 0.5) is 8.78 Å². The van der Waals surface area contributed by atoms with Crippen LogP contribution in [0.2, 0.25) is 0 Å². The lowest BCUT2D eigenvalue weighted by Gasteiger charge is -2.06. The molecule has 1 aliphatic heterocycles. The first-order chi connectivity index (χ1) is 6.53. The zero-order valence-electron chi connectivity index (χ0n) is 7.38. The fraction of sp³-hybridized carbons (Fsp3) is 0.333. The number of halogens is 2. The molecule has 0 bridgehead atoms. The molecule has 14 heavy (non-hydrogen) atoms. The van der Waals surface area contributed by atoms with E-state index in [-0.39, 0.29) is 18.1 Å². The van der Waals surface area contributed by atoms with Crippen LogP contribution in [0.3, 0.4) is 0 Å². The van der Waals surface area contributed by atoms with Gasteiger partial charge in [-0.05, 0) is 18.6 Å². The zero-order chi connectivity index (χ0) is 10.3. The Morgan fingerprint density at radius 1 is 1.36 bits per heavy atom. The molecule has 1 heterocycles. The smallest absolute Gasteiger partial charge is 0.395 e. The fourth-order valence-corrected chi connectivity index (χ4v) is 1.35. The van der Waals surface area contributed by atoms with E-state index in [1.807, 2.05) is 0 Å². The molecule has 0 unspecified atom stereocenters. The van der Waals surface area contributed by atoms with Crippen LogP contribution in [-0.2, 0) is 6.61 Å². The van der Waals surface area contributed by atoms with Gasteiger partial charge in [0.25, 0.3) is 0 Å². The van der Waals surface area contributed by atoms with E-state index in [2.05, 4.69) is 9.47 Å². The molecule has 1 aliphatic rings. The summed E-state index contributed by atoms with van der Waals surface area (Å²) in [6.45, 7) is 1.38. The maximum atomic E-state index is 12.6. The lowest BCUT2D eigenvalue weighted by atomic mass is 10.1. The molecule has 0 fully saturated rings. The summed E-state index contributed by atoms with van der Waals surface area (Å²) in [5.74, 6) is 0.00579. The number of aliphatic hydroxyl groups is 1. The molecule has 0 spiro atoms. The number of rotatable bonds is 1. The molecule has 5 heteroatoms.